The number of benzene rings is 2. The molecule has 0 saturated carbocycles. The van der Waals surface area contributed by atoms with Gasteiger partial charge in [-0.2, -0.15) is 0 Å². The van der Waals surface area contributed by atoms with Gasteiger partial charge in [0.05, 0.1) is 6.04 Å². The minimum Gasteiger partial charge on any atom is -0.312 e. The number of carbonyl (C=O) groups excluding carboxylic acids is 1. The summed E-state index contributed by atoms with van der Waals surface area (Å²) in [7, 11) is 0. The van der Waals surface area contributed by atoms with Crippen molar-refractivity contribution in [2.45, 2.75) is 45.1 Å². The molecule has 1 aliphatic carbocycles. The third kappa shape index (κ3) is 3.52. The number of halogens is 1. The van der Waals surface area contributed by atoms with E-state index in [1.54, 1.807) is 10.4 Å². The van der Waals surface area contributed by atoms with Gasteiger partial charge in [-0.3, -0.25) is 0 Å². The molecule has 5 heteroatoms. The molecule has 0 bridgehead atoms. The Balaban J connectivity index is 1.52. The van der Waals surface area contributed by atoms with Crippen molar-refractivity contribution < 1.29 is 4.79 Å². The second-order valence-electron chi connectivity index (χ2n) is 8.20. The number of aryl methyl sites for hydroxylation is 2. The van der Waals surface area contributed by atoms with Gasteiger partial charge in [-0.15, -0.1) is 11.3 Å². The number of thiophene rings is 1. The predicted octanol–water partition coefficient (Wildman–Crippen LogP) is 6.77. The van der Waals surface area contributed by atoms with Gasteiger partial charge in [-0.1, -0.05) is 48.0 Å². The number of nitrogens with zero attached hydrogens (tertiary/aromatic N) is 1. The lowest BCUT2D eigenvalue weighted by Gasteiger charge is -2.36. The van der Waals surface area contributed by atoms with Crippen molar-refractivity contribution >= 4 is 34.7 Å². The summed E-state index contributed by atoms with van der Waals surface area (Å²) in [5.74, 6) is 0. The second kappa shape index (κ2) is 8.09. The smallest absolute Gasteiger partial charge is 0.312 e. The van der Waals surface area contributed by atoms with Crippen LogP contribution in [0, 0.1) is 6.92 Å². The summed E-state index contributed by atoms with van der Waals surface area (Å²) < 4.78 is 0. The van der Waals surface area contributed by atoms with Crippen LogP contribution in [0.2, 0.25) is 5.02 Å². The molecule has 0 fully saturated rings. The van der Waals surface area contributed by atoms with E-state index >= 15 is 0 Å². The van der Waals surface area contributed by atoms with Gasteiger partial charge >= 0.3 is 6.03 Å². The maximum Gasteiger partial charge on any atom is 0.322 e. The molecule has 0 unspecified atom stereocenters. The summed E-state index contributed by atoms with van der Waals surface area (Å²) in [4.78, 5) is 18.3. The average molecular weight is 437 g/mol. The number of urea groups is 1. The molecule has 0 saturated heterocycles. The maximum absolute atomic E-state index is 13.4. The number of hydrogen-bond acceptors (Lipinski definition) is 2. The fraction of sp³-hybridized carbons (Fsp3) is 0.320. The van der Waals surface area contributed by atoms with Crippen molar-refractivity contribution in [2.24, 2.45) is 0 Å². The van der Waals surface area contributed by atoms with E-state index in [-0.39, 0.29) is 12.1 Å². The summed E-state index contributed by atoms with van der Waals surface area (Å²) in [5, 5.41) is 3.75. The van der Waals surface area contributed by atoms with Crippen LogP contribution < -0.4 is 5.32 Å². The highest BCUT2D eigenvalue weighted by Gasteiger charge is 2.36. The molecule has 3 aromatic rings. The van der Waals surface area contributed by atoms with E-state index < -0.39 is 0 Å². The lowest BCUT2D eigenvalue weighted by atomic mass is 9.88. The van der Waals surface area contributed by atoms with Crippen LogP contribution in [-0.2, 0) is 19.3 Å². The molecule has 1 aromatic heterocycles. The molecule has 1 N–H and O–H groups in total. The van der Waals surface area contributed by atoms with Crippen LogP contribution in [0.1, 0.15) is 50.9 Å². The second-order valence-corrected chi connectivity index (χ2v) is 9.75. The summed E-state index contributed by atoms with van der Waals surface area (Å²) in [5.41, 5.74) is 6.00. The maximum atomic E-state index is 13.4. The van der Waals surface area contributed by atoms with Gasteiger partial charge in [-0.25, -0.2) is 4.79 Å². The van der Waals surface area contributed by atoms with Crippen LogP contribution in [0.4, 0.5) is 10.5 Å². The molecular formula is C25H25ClN2OS. The van der Waals surface area contributed by atoms with Gasteiger partial charge in [0, 0.05) is 27.0 Å². The van der Waals surface area contributed by atoms with E-state index in [1.165, 1.54) is 41.7 Å². The Morgan fingerprint density at radius 3 is 2.67 bits per heavy atom. The SMILES string of the molecule is Cc1ccc(NC(=O)N2CCc3c(sc4c3CCCC4)[C@@H]2c2ccccc2)cc1Cl. The molecular weight excluding hydrogens is 412 g/mol. The Morgan fingerprint density at radius 1 is 1.07 bits per heavy atom. The van der Waals surface area contributed by atoms with Gasteiger partial charge in [0.1, 0.15) is 0 Å². The molecule has 5 rings (SSSR count). The molecule has 2 heterocycles. The molecule has 0 radical (unpaired) electrons. The fourth-order valence-electron chi connectivity index (χ4n) is 4.70. The summed E-state index contributed by atoms with van der Waals surface area (Å²) in [6.07, 6.45) is 5.87. The number of nitrogens with one attached hydrogen (secondary N) is 1. The molecule has 1 atom stereocenters. The molecule has 3 nitrogen and oxygen atoms in total. The number of anilines is 1. The molecule has 30 heavy (non-hydrogen) atoms. The Bertz CT molecular complexity index is 1090. The minimum absolute atomic E-state index is 0.0357. The number of fused-ring (bicyclic) bond motifs is 3. The molecule has 154 valence electrons. The van der Waals surface area contributed by atoms with Crippen molar-refractivity contribution in [2.75, 3.05) is 11.9 Å². The zero-order valence-electron chi connectivity index (χ0n) is 17.1. The lowest BCUT2D eigenvalue weighted by molar-refractivity contribution is 0.195. The highest BCUT2D eigenvalue weighted by molar-refractivity contribution is 7.12. The summed E-state index contributed by atoms with van der Waals surface area (Å²) in [6.45, 7) is 2.69. The Morgan fingerprint density at radius 2 is 1.87 bits per heavy atom. The van der Waals surface area contributed by atoms with Crippen LogP contribution in [-0.4, -0.2) is 17.5 Å². The first-order valence-corrected chi connectivity index (χ1v) is 11.8. The molecule has 1 aliphatic heterocycles. The average Bonchev–Trinajstić information content (AvgIpc) is 3.15. The van der Waals surface area contributed by atoms with E-state index in [4.69, 9.17) is 11.6 Å². The predicted molar refractivity (Wildman–Crippen MR) is 125 cm³/mol. The highest BCUT2D eigenvalue weighted by Crippen LogP contribution is 2.45. The number of carbonyl (C=O) groups is 1. The highest BCUT2D eigenvalue weighted by atomic mass is 35.5. The Kier molecular flexibility index (Phi) is 5.30. The Hall–Kier alpha value is -2.30. The molecule has 2 aliphatic rings. The first-order valence-electron chi connectivity index (χ1n) is 10.6. The fourth-order valence-corrected chi connectivity index (χ4v) is 6.47. The van der Waals surface area contributed by atoms with Gasteiger partial charge in [0.25, 0.3) is 0 Å². The van der Waals surface area contributed by atoms with E-state index in [2.05, 4.69) is 29.6 Å². The van der Waals surface area contributed by atoms with E-state index in [0.29, 0.717) is 5.02 Å². The van der Waals surface area contributed by atoms with Crippen LogP contribution in [0.15, 0.2) is 48.5 Å². The van der Waals surface area contributed by atoms with Gasteiger partial charge in [0.2, 0.25) is 0 Å². The van der Waals surface area contributed by atoms with Crippen LogP contribution in [0.3, 0.4) is 0 Å². The lowest BCUT2D eigenvalue weighted by Crippen LogP contribution is -2.42. The van der Waals surface area contributed by atoms with E-state index in [0.717, 1.165) is 24.2 Å². The van der Waals surface area contributed by atoms with Crippen molar-refractivity contribution in [3.8, 4) is 0 Å². The van der Waals surface area contributed by atoms with Crippen LogP contribution in [0.25, 0.3) is 0 Å². The quantitative estimate of drug-likeness (QED) is 0.472. The molecule has 2 amide bonds. The van der Waals surface area contributed by atoms with Gasteiger partial charge in [-0.05, 0) is 73.4 Å². The van der Waals surface area contributed by atoms with Crippen LogP contribution in [0.5, 0.6) is 0 Å². The normalized spacial score (nSPS) is 17.9. The number of hydrogen-bond donors (Lipinski definition) is 1. The van der Waals surface area contributed by atoms with Gasteiger partial charge in [0.15, 0.2) is 0 Å². The van der Waals surface area contributed by atoms with Crippen molar-refractivity contribution in [1.82, 2.24) is 4.90 Å². The number of amides is 2. The largest absolute Gasteiger partial charge is 0.322 e. The standard InChI is InChI=1S/C25H25ClN2OS/c1-16-11-12-18(15-21(16)26)27-25(29)28-14-13-20-19-9-5-6-10-22(19)30-24(20)23(28)17-7-3-2-4-8-17/h2-4,7-8,11-12,15,23H,5-6,9-10,13-14H2,1H3,(H,27,29)/t23-/m0/s1. The first-order chi connectivity index (χ1) is 14.6. The number of rotatable bonds is 2. The first kappa shape index (κ1) is 19.7. The monoisotopic (exact) mass is 436 g/mol. The summed E-state index contributed by atoms with van der Waals surface area (Å²) in [6, 6.07) is 16.0. The Labute approximate surface area is 186 Å². The van der Waals surface area contributed by atoms with Crippen LogP contribution >= 0.6 is 22.9 Å². The van der Waals surface area contributed by atoms with Crippen molar-refractivity contribution in [3.63, 3.8) is 0 Å². The zero-order valence-corrected chi connectivity index (χ0v) is 18.7. The third-order valence-electron chi connectivity index (χ3n) is 6.27. The topological polar surface area (TPSA) is 32.3 Å². The van der Waals surface area contributed by atoms with Crippen molar-refractivity contribution in [1.29, 1.82) is 0 Å². The molecule has 0 spiro atoms. The molecule has 2 aromatic carbocycles. The van der Waals surface area contributed by atoms with E-state index in [9.17, 15) is 4.79 Å². The summed E-state index contributed by atoms with van der Waals surface area (Å²) >= 11 is 8.20. The zero-order chi connectivity index (χ0) is 20.7. The van der Waals surface area contributed by atoms with Crippen molar-refractivity contribution in [3.05, 3.63) is 85.6 Å². The minimum atomic E-state index is -0.0687. The van der Waals surface area contributed by atoms with E-state index in [1.807, 2.05) is 47.4 Å². The van der Waals surface area contributed by atoms with Gasteiger partial charge < -0.3 is 10.2 Å². The third-order valence-corrected chi connectivity index (χ3v) is 8.07.